The third kappa shape index (κ3) is 4.95. The van der Waals surface area contributed by atoms with E-state index in [1.807, 2.05) is 13.0 Å². The zero-order valence-corrected chi connectivity index (χ0v) is 19.2. The minimum atomic E-state index is -0.323. The summed E-state index contributed by atoms with van der Waals surface area (Å²) in [6.07, 6.45) is 0.941. The van der Waals surface area contributed by atoms with Crippen molar-refractivity contribution in [2.24, 2.45) is 0 Å². The molecule has 1 aliphatic heterocycles. The molecule has 1 fully saturated rings. The molecule has 0 saturated carbocycles. The summed E-state index contributed by atoms with van der Waals surface area (Å²) in [6.45, 7) is 6.88. The van der Waals surface area contributed by atoms with Gasteiger partial charge in [-0.2, -0.15) is 0 Å². The van der Waals surface area contributed by atoms with Gasteiger partial charge in [-0.05, 0) is 55.3 Å². The minimum absolute atomic E-state index is 0.0337. The van der Waals surface area contributed by atoms with Gasteiger partial charge in [0.15, 0.2) is 10.9 Å². The van der Waals surface area contributed by atoms with Gasteiger partial charge in [0.05, 0.1) is 24.2 Å². The molecule has 0 bridgehead atoms. The number of anilines is 1. The van der Waals surface area contributed by atoms with E-state index < -0.39 is 0 Å². The number of carbonyl (C=O) groups excluding carboxylic acids is 1. The molecule has 1 atom stereocenters. The van der Waals surface area contributed by atoms with E-state index in [1.54, 1.807) is 24.3 Å². The molecule has 31 heavy (non-hydrogen) atoms. The van der Waals surface area contributed by atoms with E-state index in [0.29, 0.717) is 29.0 Å². The Labute approximate surface area is 191 Å². The summed E-state index contributed by atoms with van der Waals surface area (Å²) in [4.78, 5) is 15.2. The third-order valence-electron chi connectivity index (χ3n) is 5.27. The molecule has 1 unspecified atom stereocenters. The number of aromatic nitrogens is 3. The molecule has 0 N–H and O–H groups in total. The predicted molar refractivity (Wildman–Crippen MR) is 125 cm³/mol. The topological polar surface area (TPSA) is 60.2 Å². The van der Waals surface area contributed by atoms with E-state index in [-0.39, 0.29) is 11.0 Å². The zero-order valence-electron chi connectivity index (χ0n) is 17.6. The molecule has 4 rings (SSSR count). The average Bonchev–Trinajstić information content (AvgIpc) is 3.23. The van der Waals surface area contributed by atoms with Crippen LogP contribution in [0.3, 0.4) is 0 Å². The SMILES string of the molecule is CCc1cccc(-n2c(SC(C)C(=O)c3ccc(Cl)cc3)nnc2N2CCOCC2)c1. The highest BCUT2D eigenvalue weighted by Crippen LogP contribution is 2.31. The second kappa shape index (κ2) is 9.85. The molecular weight excluding hydrogens is 432 g/mol. The fraction of sp³-hybridized carbons (Fsp3) is 0.348. The van der Waals surface area contributed by atoms with Gasteiger partial charge in [-0.3, -0.25) is 9.36 Å². The van der Waals surface area contributed by atoms with Crippen LogP contribution >= 0.6 is 23.4 Å². The summed E-state index contributed by atoms with van der Waals surface area (Å²) >= 11 is 7.38. The van der Waals surface area contributed by atoms with Crippen molar-refractivity contribution in [3.05, 3.63) is 64.7 Å². The second-order valence-electron chi connectivity index (χ2n) is 7.37. The number of benzene rings is 2. The lowest BCUT2D eigenvalue weighted by molar-refractivity contribution is 0.0994. The van der Waals surface area contributed by atoms with Gasteiger partial charge in [0, 0.05) is 23.7 Å². The minimum Gasteiger partial charge on any atom is -0.378 e. The fourth-order valence-electron chi connectivity index (χ4n) is 3.51. The Balaban J connectivity index is 1.67. The summed E-state index contributed by atoms with van der Waals surface area (Å²) in [5, 5.41) is 9.96. The molecule has 8 heteroatoms. The van der Waals surface area contributed by atoms with Crippen LogP contribution in [0, 0.1) is 0 Å². The van der Waals surface area contributed by atoms with Gasteiger partial charge in [-0.1, -0.05) is 42.4 Å². The smallest absolute Gasteiger partial charge is 0.232 e. The molecule has 2 aromatic carbocycles. The van der Waals surface area contributed by atoms with Gasteiger partial charge in [-0.25, -0.2) is 0 Å². The molecule has 1 aromatic heterocycles. The fourth-order valence-corrected chi connectivity index (χ4v) is 4.57. The van der Waals surface area contributed by atoms with Crippen LogP contribution in [0.25, 0.3) is 5.69 Å². The van der Waals surface area contributed by atoms with Crippen molar-refractivity contribution >= 4 is 35.1 Å². The number of aryl methyl sites for hydroxylation is 1. The molecule has 0 radical (unpaired) electrons. The van der Waals surface area contributed by atoms with Crippen LogP contribution in [0.1, 0.15) is 29.8 Å². The monoisotopic (exact) mass is 456 g/mol. The van der Waals surface area contributed by atoms with E-state index in [4.69, 9.17) is 16.3 Å². The van der Waals surface area contributed by atoms with Gasteiger partial charge < -0.3 is 9.64 Å². The molecule has 1 aliphatic rings. The highest BCUT2D eigenvalue weighted by Gasteiger charge is 2.25. The van der Waals surface area contributed by atoms with Crippen LogP contribution in [0.2, 0.25) is 5.02 Å². The predicted octanol–water partition coefficient (Wildman–Crippen LogP) is 4.68. The lowest BCUT2D eigenvalue weighted by atomic mass is 10.1. The number of thioether (sulfide) groups is 1. The van der Waals surface area contributed by atoms with Crippen LogP contribution in [0.15, 0.2) is 53.7 Å². The number of ketones is 1. The zero-order chi connectivity index (χ0) is 21.8. The highest BCUT2D eigenvalue weighted by atomic mass is 35.5. The number of ether oxygens (including phenoxy) is 1. The van der Waals surface area contributed by atoms with Crippen molar-refractivity contribution in [3.8, 4) is 5.69 Å². The first-order chi connectivity index (χ1) is 15.1. The molecule has 1 saturated heterocycles. The number of nitrogens with zero attached hydrogens (tertiary/aromatic N) is 4. The quantitative estimate of drug-likeness (QED) is 0.380. The van der Waals surface area contributed by atoms with Crippen LogP contribution < -0.4 is 4.90 Å². The maximum atomic E-state index is 13.0. The molecule has 0 spiro atoms. The van der Waals surface area contributed by atoms with Crippen molar-refractivity contribution in [1.82, 2.24) is 14.8 Å². The van der Waals surface area contributed by atoms with Gasteiger partial charge in [0.25, 0.3) is 0 Å². The Bertz CT molecular complexity index is 1050. The van der Waals surface area contributed by atoms with E-state index in [0.717, 1.165) is 31.1 Å². The van der Waals surface area contributed by atoms with Crippen molar-refractivity contribution in [3.63, 3.8) is 0 Å². The first kappa shape index (κ1) is 21.9. The molecule has 0 amide bonds. The van der Waals surface area contributed by atoms with Gasteiger partial charge in [-0.15, -0.1) is 10.2 Å². The summed E-state index contributed by atoms with van der Waals surface area (Å²) in [6, 6.07) is 15.4. The number of hydrogen-bond acceptors (Lipinski definition) is 6. The standard InChI is InChI=1S/C23H25ClN4O2S/c1-3-17-5-4-6-20(15-17)28-22(27-11-13-30-14-12-27)25-26-23(28)31-16(2)21(29)18-7-9-19(24)10-8-18/h4-10,15-16H,3,11-14H2,1-2H3. The Morgan fingerprint density at radius 2 is 1.90 bits per heavy atom. The molecule has 162 valence electrons. The second-order valence-corrected chi connectivity index (χ2v) is 9.12. The largest absolute Gasteiger partial charge is 0.378 e. The number of Topliss-reactive ketones (excluding diaryl/α,β-unsaturated/α-hetero) is 1. The molecular formula is C23H25ClN4O2S. The maximum absolute atomic E-state index is 13.0. The Kier molecular flexibility index (Phi) is 6.95. The number of rotatable bonds is 7. The number of carbonyl (C=O) groups is 1. The van der Waals surface area contributed by atoms with Gasteiger partial charge in [0.2, 0.25) is 5.95 Å². The maximum Gasteiger partial charge on any atom is 0.232 e. The van der Waals surface area contributed by atoms with E-state index in [9.17, 15) is 4.79 Å². The molecule has 6 nitrogen and oxygen atoms in total. The molecule has 3 aromatic rings. The number of halogens is 1. The molecule has 2 heterocycles. The first-order valence-corrected chi connectivity index (χ1v) is 11.7. The third-order valence-corrected chi connectivity index (χ3v) is 6.56. The van der Waals surface area contributed by atoms with Crippen molar-refractivity contribution in [2.75, 3.05) is 31.2 Å². The van der Waals surface area contributed by atoms with Crippen molar-refractivity contribution in [1.29, 1.82) is 0 Å². The van der Waals surface area contributed by atoms with Gasteiger partial charge in [0.1, 0.15) is 0 Å². The lowest BCUT2D eigenvalue weighted by Gasteiger charge is -2.28. The highest BCUT2D eigenvalue weighted by molar-refractivity contribution is 8.00. The first-order valence-electron chi connectivity index (χ1n) is 10.4. The average molecular weight is 457 g/mol. The van der Waals surface area contributed by atoms with Crippen LogP contribution in [-0.4, -0.2) is 52.1 Å². The lowest BCUT2D eigenvalue weighted by Crippen LogP contribution is -2.37. The van der Waals surface area contributed by atoms with E-state index in [1.165, 1.54) is 17.3 Å². The van der Waals surface area contributed by atoms with E-state index >= 15 is 0 Å². The summed E-state index contributed by atoms with van der Waals surface area (Å²) in [5.74, 6) is 0.816. The van der Waals surface area contributed by atoms with E-state index in [2.05, 4.69) is 44.8 Å². The normalized spacial score (nSPS) is 15.1. The van der Waals surface area contributed by atoms with Crippen LogP contribution in [0.5, 0.6) is 0 Å². The summed E-state index contributed by atoms with van der Waals surface area (Å²) in [5.41, 5.74) is 2.87. The summed E-state index contributed by atoms with van der Waals surface area (Å²) in [7, 11) is 0. The number of hydrogen-bond donors (Lipinski definition) is 0. The van der Waals surface area contributed by atoms with Gasteiger partial charge >= 0.3 is 0 Å². The Morgan fingerprint density at radius 1 is 1.16 bits per heavy atom. The molecule has 0 aliphatic carbocycles. The Hall–Kier alpha value is -2.35. The summed E-state index contributed by atoms with van der Waals surface area (Å²) < 4.78 is 7.56. The Morgan fingerprint density at radius 3 is 2.61 bits per heavy atom. The number of morpholine rings is 1. The van der Waals surface area contributed by atoms with Crippen molar-refractivity contribution < 1.29 is 9.53 Å². The van der Waals surface area contributed by atoms with Crippen LogP contribution in [-0.2, 0) is 11.2 Å². The van der Waals surface area contributed by atoms with Crippen LogP contribution in [0.4, 0.5) is 5.95 Å². The van der Waals surface area contributed by atoms with Crippen molar-refractivity contribution in [2.45, 2.75) is 30.7 Å².